The summed E-state index contributed by atoms with van der Waals surface area (Å²) < 4.78 is 0. The summed E-state index contributed by atoms with van der Waals surface area (Å²) in [6, 6.07) is 0. The van der Waals surface area contributed by atoms with Crippen LogP contribution < -0.4 is 30.5 Å². The zero-order valence-corrected chi connectivity index (χ0v) is 8.77. The van der Waals surface area contributed by atoms with Crippen LogP contribution in [0.15, 0.2) is 0 Å². The average Bonchev–Trinajstić information content (AvgIpc) is 1.61. The van der Waals surface area contributed by atoms with Crippen molar-refractivity contribution in [1.82, 2.24) is 0 Å². The van der Waals surface area contributed by atoms with Crippen molar-refractivity contribution in [2.75, 3.05) is 6.54 Å². The van der Waals surface area contributed by atoms with E-state index in [-0.39, 0.29) is 44.3 Å². The molecule has 0 aromatic heterocycles. The van der Waals surface area contributed by atoms with Crippen LogP contribution in [-0.2, 0) is 19.5 Å². The molecule has 0 unspecified atom stereocenters. The molecule has 0 spiro atoms. The monoisotopic (exact) mass is 259 g/mol. The van der Waals surface area contributed by atoms with Crippen LogP contribution >= 0.6 is 0 Å². The van der Waals surface area contributed by atoms with Gasteiger partial charge in [-0.1, -0.05) is 19.8 Å². The first-order chi connectivity index (χ1) is 2.91. The van der Waals surface area contributed by atoms with Crippen molar-refractivity contribution in [3.63, 3.8) is 0 Å². The standard InChI is InChI=1S/C5H13N.2ClH.Ru/c1-2-3-4-5-6;;;/h2-6H2,1H3;2*1H;/q;;;+3/p-2. The third kappa shape index (κ3) is 27.1. The zero-order valence-electron chi connectivity index (χ0n) is 5.52. The molecule has 0 rings (SSSR count). The number of hydrogen-bond acceptors (Lipinski definition) is 1. The second-order valence-corrected chi connectivity index (χ2v) is 1.50. The zero-order chi connectivity index (χ0) is 4.83. The maximum Gasteiger partial charge on any atom is 3.00 e. The van der Waals surface area contributed by atoms with E-state index in [4.69, 9.17) is 5.73 Å². The van der Waals surface area contributed by atoms with Crippen LogP contribution in [0.3, 0.4) is 0 Å². The molecule has 9 heavy (non-hydrogen) atoms. The van der Waals surface area contributed by atoms with Gasteiger partial charge in [0.1, 0.15) is 0 Å². The summed E-state index contributed by atoms with van der Waals surface area (Å²) in [6.45, 7) is 3.03. The van der Waals surface area contributed by atoms with Crippen LogP contribution in [0.1, 0.15) is 26.2 Å². The van der Waals surface area contributed by atoms with Crippen molar-refractivity contribution in [3.05, 3.63) is 0 Å². The van der Waals surface area contributed by atoms with E-state index in [1.165, 1.54) is 19.3 Å². The van der Waals surface area contributed by atoms with Crippen LogP contribution in [0.2, 0.25) is 0 Å². The van der Waals surface area contributed by atoms with Gasteiger partial charge in [-0.2, -0.15) is 0 Å². The van der Waals surface area contributed by atoms with Crippen LogP contribution in [0.4, 0.5) is 0 Å². The van der Waals surface area contributed by atoms with Gasteiger partial charge in [0.15, 0.2) is 0 Å². The van der Waals surface area contributed by atoms with Gasteiger partial charge < -0.3 is 30.5 Å². The van der Waals surface area contributed by atoms with Crippen LogP contribution in [-0.4, -0.2) is 6.54 Å². The molecular formula is C5H13Cl2NRu+. The van der Waals surface area contributed by atoms with Gasteiger partial charge >= 0.3 is 19.5 Å². The van der Waals surface area contributed by atoms with E-state index < -0.39 is 0 Å². The smallest absolute Gasteiger partial charge is 1.00 e. The van der Waals surface area contributed by atoms with Gasteiger partial charge in [-0.25, -0.2) is 0 Å². The third-order valence-electron chi connectivity index (χ3n) is 0.808. The largest absolute Gasteiger partial charge is 3.00 e. The Bertz CT molecular complexity index is 26.9. The van der Waals surface area contributed by atoms with Crippen LogP contribution in [0.5, 0.6) is 0 Å². The van der Waals surface area contributed by atoms with Gasteiger partial charge in [0, 0.05) is 0 Å². The van der Waals surface area contributed by atoms with Crippen molar-refractivity contribution in [2.24, 2.45) is 5.73 Å². The first-order valence-electron chi connectivity index (χ1n) is 2.62. The number of nitrogens with two attached hydrogens (primary N) is 1. The topological polar surface area (TPSA) is 26.0 Å². The predicted octanol–water partition coefficient (Wildman–Crippen LogP) is -4.86. The number of rotatable bonds is 3. The molecule has 1 nitrogen and oxygen atoms in total. The minimum atomic E-state index is 0. The second-order valence-electron chi connectivity index (χ2n) is 1.50. The molecule has 0 aliphatic carbocycles. The molecule has 0 saturated heterocycles. The molecule has 0 amide bonds. The van der Waals surface area contributed by atoms with Gasteiger partial charge in [-0.3, -0.25) is 0 Å². The van der Waals surface area contributed by atoms with Crippen molar-refractivity contribution in [2.45, 2.75) is 26.2 Å². The molecule has 59 valence electrons. The summed E-state index contributed by atoms with van der Waals surface area (Å²) in [4.78, 5) is 0. The van der Waals surface area contributed by atoms with Crippen LogP contribution in [0.25, 0.3) is 0 Å². The van der Waals surface area contributed by atoms with E-state index in [1.54, 1.807) is 0 Å². The summed E-state index contributed by atoms with van der Waals surface area (Å²) in [5.41, 5.74) is 5.21. The normalized spacial score (nSPS) is 6.00. The molecule has 0 heterocycles. The van der Waals surface area contributed by atoms with Gasteiger partial charge in [-0.05, 0) is 13.0 Å². The maximum absolute atomic E-state index is 5.21. The molecule has 0 aromatic carbocycles. The first-order valence-corrected chi connectivity index (χ1v) is 2.62. The van der Waals surface area contributed by atoms with E-state index >= 15 is 0 Å². The Labute approximate surface area is 82.7 Å². The molecule has 0 aliphatic rings. The molecule has 0 aromatic rings. The Balaban J connectivity index is -0.0000000417. The van der Waals surface area contributed by atoms with Gasteiger partial charge in [0.05, 0.1) is 0 Å². The minimum Gasteiger partial charge on any atom is -1.00 e. The summed E-state index contributed by atoms with van der Waals surface area (Å²) in [5.74, 6) is 0. The average molecular weight is 259 g/mol. The fourth-order valence-corrected chi connectivity index (χ4v) is 0.394. The summed E-state index contributed by atoms with van der Waals surface area (Å²) >= 11 is 0. The minimum absolute atomic E-state index is 0. The number of hydrogen-bond donors (Lipinski definition) is 1. The van der Waals surface area contributed by atoms with E-state index in [2.05, 4.69) is 6.92 Å². The Morgan fingerprint density at radius 3 is 1.67 bits per heavy atom. The summed E-state index contributed by atoms with van der Waals surface area (Å²) in [7, 11) is 0. The summed E-state index contributed by atoms with van der Waals surface area (Å²) in [5, 5.41) is 0. The summed E-state index contributed by atoms with van der Waals surface area (Å²) in [6.07, 6.45) is 3.75. The van der Waals surface area contributed by atoms with E-state index in [1.807, 2.05) is 0 Å². The Morgan fingerprint density at radius 1 is 1.11 bits per heavy atom. The number of unbranched alkanes of at least 4 members (excludes halogenated alkanes) is 2. The first kappa shape index (κ1) is 22.5. The third-order valence-corrected chi connectivity index (χ3v) is 0.808. The Kier molecular flexibility index (Phi) is 57.2. The molecule has 2 N–H and O–H groups in total. The molecular weight excluding hydrogens is 246 g/mol. The van der Waals surface area contributed by atoms with Crippen molar-refractivity contribution in [1.29, 1.82) is 0 Å². The van der Waals surface area contributed by atoms with Gasteiger partial charge in [0.25, 0.3) is 0 Å². The van der Waals surface area contributed by atoms with Crippen LogP contribution in [0, 0.1) is 0 Å². The van der Waals surface area contributed by atoms with E-state index in [0.29, 0.717) is 0 Å². The Morgan fingerprint density at radius 2 is 1.56 bits per heavy atom. The molecule has 0 aliphatic heterocycles. The fourth-order valence-electron chi connectivity index (χ4n) is 0.394. The Hall–Kier alpha value is 1.16. The fraction of sp³-hybridized carbons (Fsp3) is 1.00. The SMILES string of the molecule is CCCCCN.[Cl-].[Cl-].[Ru+3]. The van der Waals surface area contributed by atoms with E-state index in [0.717, 1.165) is 6.54 Å². The number of halogens is 2. The van der Waals surface area contributed by atoms with Crippen molar-refractivity contribution < 1.29 is 44.3 Å². The second kappa shape index (κ2) is 22.9. The predicted molar refractivity (Wildman–Crippen MR) is 28.6 cm³/mol. The molecule has 4 heteroatoms. The molecule has 1 radical (unpaired) electrons. The van der Waals surface area contributed by atoms with Crippen molar-refractivity contribution in [3.8, 4) is 0 Å². The molecule has 0 atom stereocenters. The molecule has 0 bridgehead atoms. The molecule has 0 fully saturated rings. The maximum atomic E-state index is 5.21. The van der Waals surface area contributed by atoms with E-state index in [9.17, 15) is 0 Å². The van der Waals surface area contributed by atoms with Crippen molar-refractivity contribution >= 4 is 0 Å². The van der Waals surface area contributed by atoms with Gasteiger partial charge in [-0.15, -0.1) is 0 Å². The molecule has 0 saturated carbocycles. The quantitative estimate of drug-likeness (QED) is 0.399. The van der Waals surface area contributed by atoms with Gasteiger partial charge in [0.2, 0.25) is 0 Å².